The zero-order chi connectivity index (χ0) is 39.1. The van der Waals surface area contributed by atoms with E-state index in [0.29, 0.717) is 0 Å². The van der Waals surface area contributed by atoms with Crippen LogP contribution in [-0.2, 0) is 0 Å². The van der Waals surface area contributed by atoms with E-state index in [-0.39, 0.29) is 18.8 Å². The van der Waals surface area contributed by atoms with Crippen LogP contribution < -0.4 is 25.1 Å². The summed E-state index contributed by atoms with van der Waals surface area (Å²) in [6.45, 7) is 0.111. The fourth-order valence-electron chi connectivity index (χ4n) is 10.1. The van der Waals surface area contributed by atoms with Crippen LogP contribution in [0.15, 0.2) is 240 Å². The highest BCUT2D eigenvalue weighted by atomic mass is 15.2. The number of para-hydroxylation sites is 5. The van der Waals surface area contributed by atoms with Crippen LogP contribution in [0.4, 0.5) is 39.8 Å². The Balaban J connectivity index is 1.12. The first kappa shape index (κ1) is 35.2. The zero-order valence-electron chi connectivity index (χ0n) is 33.1. The number of nitrogens with zero attached hydrogens (tertiary/aromatic N) is 4. The van der Waals surface area contributed by atoms with Crippen molar-refractivity contribution in [3.63, 3.8) is 0 Å². The van der Waals surface area contributed by atoms with Gasteiger partial charge in [-0.25, -0.2) is 0 Å². The highest BCUT2D eigenvalue weighted by Crippen LogP contribution is 2.50. The maximum Gasteiger partial charge on any atom is 0.246 e. The summed E-state index contributed by atoms with van der Waals surface area (Å²) >= 11 is 0. The molecule has 0 saturated heterocycles. The van der Waals surface area contributed by atoms with Crippen molar-refractivity contribution < 1.29 is 0 Å². The minimum absolute atomic E-state index is 0.111. The van der Waals surface area contributed by atoms with Crippen LogP contribution in [0.25, 0.3) is 0 Å². The van der Waals surface area contributed by atoms with Gasteiger partial charge in [0.05, 0.1) is 12.1 Å². The standard InChI is InChI=1S/C54H45BN4/c1-7-20-40(21-8-1)56(41-22-9-2-10-23-41)46-34-36-48-52(38-46)58(44-28-15-5-16-29-44)50-32-19-33-51-54(50)55(48)49-37-35-47(39-53(49)59(51)45-30-17-6-18-31-45)57(42-24-11-3-12-25-42)43-26-13-4-14-27-43/h1-13,15-26,28-32,34-38,47,51H,14,27,33,39H2. The first-order valence-corrected chi connectivity index (χ1v) is 21.1. The van der Waals surface area contributed by atoms with Crippen molar-refractivity contribution in [1.82, 2.24) is 0 Å². The van der Waals surface area contributed by atoms with E-state index in [0.717, 1.165) is 42.7 Å². The maximum absolute atomic E-state index is 2.70. The van der Waals surface area contributed by atoms with E-state index in [1.165, 1.54) is 56.2 Å². The second kappa shape index (κ2) is 15.1. The van der Waals surface area contributed by atoms with Crippen molar-refractivity contribution in [2.75, 3.05) is 19.6 Å². The molecule has 11 rings (SSSR count). The topological polar surface area (TPSA) is 13.0 Å². The maximum atomic E-state index is 2.70. The second-order valence-corrected chi connectivity index (χ2v) is 15.9. The van der Waals surface area contributed by atoms with Gasteiger partial charge in [-0.05, 0) is 121 Å². The first-order chi connectivity index (χ1) is 29.3. The van der Waals surface area contributed by atoms with E-state index in [1.54, 1.807) is 0 Å². The Kier molecular flexibility index (Phi) is 9.00. The summed E-state index contributed by atoms with van der Waals surface area (Å²) < 4.78 is 0. The quantitative estimate of drug-likeness (QED) is 0.143. The summed E-state index contributed by atoms with van der Waals surface area (Å²) in [5.41, 5.74) is 16.6. The predicted molar refractivity (Wildman–Crippen MR) is 249 cm³/mol. The third-order valence-electron chi connectivity index (χ3n) is 12.6. The van der Waals surface area contributed by atoms with Gasteiger partial charge in [-0.15, -0.1) is 0 Å². The second-order valence-electron chi connectivity index (χ2n) is 15.9. The van der Waals surface area contributed by atoms with Gasteiger partial charge in [0.2, 0.25) is 6.71 Å². The lowest BCUT2D eigenvalue weighted by atomic mass is 9.30. The Morgan fingerprint density at radius 2 is 1.22 bits per heavy atom. The third kappa shape index (κ3) is 6.17. The molecular weight excluding hydrogens is 715 g/mol. The fourth-order valence-corrected chi connectivity index (χ4v) is 10.1. The van der Waals surface area contributed by atoms with Crippen molar-refractivity contribution >= 4 is 52.0 Å². The van der Waals surface area contributed by atoms with Crippen molar-refractivity contribution in [3.8, 4) is 0 Å². The molecule has 0 bridgehead atoms. The Bertz CT molecular complexity index is 2640. The van der Waals surface area contributed by atoms with E-state index >= 15 is 0 Å². The fraction of sp³-hybridized carbons (Fsp3) is 0.111. The number of fused-ring (bicyclic) bond motifs is 3. The highest BCUT2D eigenvalue weighted by molar-refractivity contribution is 6.89. The lowest BCUT2D eigenvalue weighted by molar-refractivity contribution is 0.640. The van der Waals surface area contributed by atoms with Crippen LogP contribution >= 0.6 is 0 Å². The molecule has 5 aliphatic rings. The lowest BCUT2D eigenvalue weighted by Crippen LogP contribution is -2.57. The molecule has 284 valence electrons. The Hall–Kier alpha value is -6.98. The van der Waals surface area contributed by atoms with Gasteiger partial charge in [-0.3, -0.25) is 0 Å². The van der Waals surface area contributed by atoms with Crippen LogP contribution in [0.3, 0.4) is 0 Å². The number of anilines is 7. The molecule has 0 N–H and O–H groups in total. The number of rotatable bonds is 8. The van der Waals surface area contributed by atoms with Crippen LogP contribution in [-0.4, -0.2) is 18.8 Å². The molecule has 3 aliphatic carbocycles. The minimum atomic E-state index is 0.111. The molecule has 0 amide bonds. The van der Waals surface area contributed by atoms with Crippen LogP contribution in [0.1, 0.15) is 25.7 Å². The molecule has 4 nitrogen and oxygen atoms in total. The molecule has 59 heavy (non-hydrogen) atoms. The average Bonchev–Trinajstić information content (AvgIpc) is 3.31. The molecule has 0 saturated carbocycles. The number of benzene rings is 6. The molecule has 2 aliphatic heterocycles. The predicted octanol–water partition coefficient (Wildman–Crippen LogP) is 12.5. The van der Waals surface area contributed by atoms with Gasteiger partial charge >= 0.3 is 0 Å². The SMILES string of the molecule is C1=CCCC(N(c2ccccc2)C2C=CC3=C(C2)N(c2ccccc2)C2CC=CC4=C2B3c2ccc(N(c3ccccc3)c3ccccc3)cc2N4c2ccccc2)=C1. The molecule has 6 aromatic rings. The molecule has 5 heteroatoms. The molecule has 0 radical (unpaired) electrons. The highest BCUT2D eigenvalue weighted by Gasteiger charge is 2.49. The normalized spacial score (nSPS) is 18.9. The summed E-state index contributed by atoms with van der Waals surface area (Å²) in [6.07, 6.45) is 20.6. The molecule has 2 atom stereocenters. The largest absolute Gasteiger partial charge is 0.339 e. The number of allylic oxidation sites excluding steroid dienone is 7. The van der Waals surface area contributed by atoms with Crippen molar-refractivity contribution in [2.45, 2.75) is 37.8 Å². The lowest BCUT2D eigenvalue weighted by Gasteiger charge is -2.52. The van der Waals surface area contributed by atoms with Gasteiger partial charge in [0.15, 0.2) is 0 Å². The Labute approximate surface area is 348 Å². The average molecular weight is 761 g/mol. The van der Waals surface area contributed by atoms with Crippen molar-refractivity contribution in [2.24, 2.45) is 0 Å². The first-order valence-electron chi connectivity index (χ1n) is 21.1. The van der Waals surface area contributed by atoms with Crippen LogP contribution in [0.2, 0.25) is 0 Å². The van der Waals surface area contributed by atoms with Gasteiger partial charge in [0, 0.05) is 63.3 Å². The van der Waals surface area contributed by atoms with Gasteiger partial charge < -0.3 is 19.6 Å². The van der Waals surface area contributed by atoms with Gasteiger partial charge in [0.25, 0.3) is 0 Å². The number of hydrogen-bond acceptors (Lipinski definition) is 4. The molecule has 0 fully saturated rings. The summed E-state index contributed by atoms with van der Waals surface area (Å²) in [5, 5.41) is 0. The molecular formula is C54H45BN4. The van der Waals surface area contributed by atoms with E-state index in [9.17, 15) is 0 Å². The molecule has 2 heterocycles. The smallest absolute Gasteiger partial charge is 0.246 e. The monoisotopic (exact) mass is 760 g/mol. The van der Waals surface area contributed by atoms with Crippen LogP contribution in [0.5, 0.6) is 0 Å². The van der Waals surface area contributed by atoms with Gasteiger partial charge in [-0.1, -0.05) is 127 Å². The van der Waals surface area contributed by atoms with Crippen molar-refractivity contribution in [3.05, 3.63) is 240 Å². The minimum Gasteiger partial charge on any atom is -0.339 e. The third-order valence-corrected chi connectivity index (χ3v) is 12.6. The van der Waals surface area contributed by atoms with Gasteiger partial charge in [0.1, 0.15) is 0 Å². The molecule has 0 aromatic heterocycles. The summed E-state index contributed by atoms with van der Waals surface area (Å²) in [7, 11) is 0. The Morgan fingerprint density at radius 1 is 0.593 bits per heavy atom. The molecule has 0 spiro atoms. The van der Waals surface area contributed by atoms with Crippen LogP contribution in [0, 0.1) is 0 Å². The molecule has 2 unspecified atom stereocenters. The van der Waals surface area contributed by atoms with E-state index < -0.39 is 0 Å². The van der Waals surface area contributed by atoms with E-state index in [1.807, 2.05) is 0 Å². The van der Waals surface area contributed by atoms with E-state index in [2.05, 4.69) is 232 Å². The Morgan fingerprint density at radius 3 is 1.86 bits per heavy atom. The summed E-state index contributed by atoms with van der Waals surface area (Å²) in [4.78, 5) is 10.2. The van der Waals surface area contributed by atoms with Gasteiger partial charge in [-0.2, -0.15) is 0 Å². The van der Waals surface area contributed by atoms with Crippen molar-refractivity contribution in [1.29, 1.82) is 0 Å². The molecule has 6 aromatic carbocycles. The number of hydrogen-bond donors (Lipinski definition) is 0. The summed E-state index contributed by atoms with van der Waals surface area (Å²) in [5.74, 6) is 0. The summed E-state index contributed by atoms with van der Waals surface area (Å²) in [6, 6.07) is 62.2. The zero-order valence-corrected chi connectivity index (χ0v) is 33.1. The van der Waals surface area contributed by atoms with E-state index in [4.69, 9.17) is 0 Å².